The Morgan fingerprint density at radius 2 is 1.76 bits per heavy atom. The maximum Gasteiger partial charge on any atom is 0.416 e. The lowest BCUT2D eigenvalue weighted by molar-refractivity contribution is -0.137. The van der Waals surface area contributed by atoms with Gasteiger partial charge in [0.05, 0.1) is 23.8 Å². The van der Waals surface area contributed by atoms with Crippen molar-refractivity contribution in [1.29, 1.82) is 0 Å². The molecule has 0 bridgehead atoms. The predicted molar refractivity (Wildman–Crippen MR) is 152 cm³/mol. The average Bonchev–Trinajstić information content (AvgIpc) is 2.95. The van der Waals surface area contributed by atoms with Gasteiger partial charge in [-0.25, -0.2) is 4.79 Å². The first-order chi connectivity index (χ1) is 19.9. The number of nitrogens with one attached hydrogen (secondary N) is 2. The van der Waals surface area contributed by atoms with Crippen molar-refractivity contribution < 1.29 is 32.6 Å². The van der Waals surface area contributed by atoms with Crippen LogP contribution in [0.1, 0.15) is 35.3 Å². The van der Waals surface area contributed by atoms with Gasteiger partial charge in [-0.05, 0) is 74.1 Å². The number of anilines is 2. The molecule has 1 aliphatic rings. The summed E-state index contributed by atoms with van der Waals surface area (Å²) in [5.41, 5.74) is 0.943. The van der Waals surface area contributed by atoms with E-state index in [1.165, 1.54) is 6.07 Å². The largest absolute Gasteiger partial charge is 0.488 e. The van der Waals surface area contributed by atoms with E-state index < -0.39 is 23.8 Å². The van der Waals surface area contributed by atoms with Crippen molar-refractivity contribution in [3.63, 3.8) is 0 Å². The number of carbonyl (C=O) groups excluding carboxylic acids is 2. The fraction of sp³-hybridized carbons (Fsp3) is 0.367. The number of rotatable bonds is 8. The van der Waals surface area contributed by atoms with Gasteiger partial charge in [0.15, 0.2) is 0 Å². The number of aliphatic hydroxyl groups excluding tert-OH is 1. The summed E-state index contributed by atoms with van der Waals surface area (Å²) in [6.07, 6.45) is -1.30. The first-order valence-corrected chi connectivity index (χ1v) is 13.5. The van der Waals surface area contributed by atoms with Gasteiger partial charge < -0.3 is 25.4 Å². The molecule has 0 unspecified atom stereocenters. The van der Waals surface area contributed by atoms with Crippen molar-refractivity contribution in [3.8, 4) is 5.75 Å². The molecular formula is C30H34F3N5O4. The third-order valence-electron chi connectivity index (χ3n) is 7.09. The number of pyridine rings is 1. The number of fused-ring (bicyclic) bond motifs is 1. The minimum Gasteiger partial charge on any atom is -0.488 e. The number of amides is 3. The van der Waals surface area contributed by atoms with Crippen molar-refractivity contribution in [1.82, 2.24) is 14.8 Å². The zero-order chi connectivity index (χ0) is 30.4. The molecule has 0 radical (unpaired) electrons. The zero-order valence-electron chi connectivity index (χ0n) is 23.6. The molecule has 2 heterocycles. The summed E-state index contributed by atoms with van der Waals surface area (Å²) in [7, 11) is 1.98. The van der Waals surface area contributed by atoms with Crippen molar-refractivity contribution in [2.75, 3.05) is 37.4 Å². The number of hydrogen-bond acceptors (Lipinski definition) is 6. The van der Waals surface area contributed by atoms with Crippen LogP contribution in [0, 0.1) is 5.92 Å². The summed E-state index contributed by atoms with van der Waals surface area (Å²) in [6.45, 7) is 5.12. The van der Waals surface area contributed by atoms with E-state index >= 15 is 0 Å². The third kappa shape index (κ3) is 7.77. The van der Waals surface area contributed by atoms with Crippen LogP contribution in [-0.2, 0) is 12.7 Å². The van der Waals surface area contributed by atoms with E-state index in [0.29, 0.717) is 25.4 Å². The molecule has 0 aliphatic carbocycles. The highest BCUT2D eigenvalue weighted by molar-refractivity contribution is 6.02. The molecule has 3 N–H and O–H groups in total. The fourth-order valence-electron chi connectivity index (χ4n) is 4.73. The van der Waals surface area contributed by atoms with Gasteiger partial charge in [0.25, 0.3) is 5.91 Å². The van der Waals surface area contributed by atoms with Crippen LogP contribution in [0.2, 0.25) is 0 Å². The number of aliphatic hydroxyl groups is 1. The molecule has 42 heavy (non-hydrogen) atoms. The van der Waals surface area contributed by atoms with E-state index in [0.717, 1.165) is 29.8 Å². The highest BCUT2D eigenvalue weighted by Gasteiger charge is 2.34. The molecule has 12 heteroatoms. The van der Waals surface area contributed by atoms with Gasteiger partial charge in [-0.3, -0.25) is 14.7 Å². The summed E-state index contributed by atoms with van der Waals surface area (Å²) in [5.74, 6) is -0.0743. The second-order valence-electron chi connectivity index (χ2n) is 10.5. The number of halogens is 3. The lowest BCUT2D eigenvalue weighted by atomic mass is 9.99. The average molecular weight is 586 g/mol. The zero-order valence-corrected chi connectivity index (χ0v) is 23.6. The van der Waals surface area contributed by atoms with Gasteiger partial charge in [0.1, 0.15) is 11.9 Å². The molecule has 3 aromatic rings. The third-order valence-corrected chi connectivity index (χ3v) is 7.09. The number of carbonyl (C=O) groups is 2. The SMILES string of the molecule is C[C@@H]1CN([C@@H](C)CO)C(=O)c2cc(NC(=O)Nc3ccc(C(F)(F)F)cc3)ccc2O[C@@H]1CN(C)Cc1ccncc1. The van der Waals surface area contributed by atoms with Gasteiger partial charge in [0, 0.05) is 49.3 Å². The Labute approximate surface area is 242 Å². The molecule has 224 valence electrons. The molecule has 0 saturated carbocycles. The summed E-state index contributed by atoms with van der Waals surface area (Å²) in [4.78, 5) is 34.0. The van der Waals surface area contributed by atoms with E-state index in [1.54, 1.807) is 36.4 Å². The van der Waals surface area contributed by atoms with Gasteiger partial charge in [-0.1, -0.05) is 6.92 Å². The molecule has 9 nitrogen and oxygen atoms in total. The Balaban J connectivity index is 1.53. The topological polar surface area (TPSA) is 107 Å². The van der Waals surface area contributed by atoms with Gasteiger partial charge in [0.2, 0.25) is 0 Å². The molecular weight excluding hydrogens is 551 g/mol. The molecule has 4 rings (SSSR count). The standard InChI is InChI=1S/C30H34F3N5O4/c1-19-15-38(20(2)18-39)28(40)25-14-24(36-29(41)35-23-6-4-22(5-7-23)30(31,32)33)8-9-26(25)42-27(19)17-37(3)16-21-10-12-34-13-11-21/h4-14,19-20,27,39H,15-18H2,1-3H3,(H2,35,36,41)/t19-,20+,27-/m1/s1. The minimum absolute atomic E-state index is 0.0664. The molecule has 3 atom stereocenters. The number of nitrogens with zero attached hydrogens (tertiary/aromatic N) is 3. The van der Waals surface area contributed by atoms with Gasteiger partial charge >= 0.3 is 12.2 Å². The number of likely N-dealkylation sites (N-methyl/N-ethyl adjacent to an activating group) is 1. The normalized spacial score (nSPS) is 18.0. The van der Waals surface area contributed by atoms with Crippen LogP contribution in [0.25, 0.3) is 0 Å². The maximum absolute atomic E-state index is 13.6. The van der Waals surface area contributed by atoms with Gasteiger partial charge in [-0.2, -0.15) is 13.2 Å². The maximum atomic E-state index is 13.6. The van der Waals surface area contributed by atoms with Crippen molar-refractivity contribution in [2.24, 2.45) is 5.92 Å². The number of benzene rings is 2. The minimum atomic E-state index is -4.48. The molecule has 1 aromatic heterocycles. The van der Waals surface area contributed by atoms with Gasteiger partial charge in [-0.15, -0.1) is 0 Å². The van der Waals surface area contributed by atoms with Crippen LogP contribution < -0.4 is 15.4 Å². The highest BCUT2D eigenvalue weighted by atomic mass is 19.4. The quantitative estimate of drug-likeness (QED) is 0.340. The molecule has 0 spiro atoms. The van der Waals surface area contributed by atoms with Crippen LogP contribution in [-0.4, -0.2) is 70.7 Å². The Bertz CT molecular complexity index is 1370. The van der Waals surface area contributed by atoms with E-state index in [-0.39, 0.29) is 41.5 Å². The van der Waals surface area contributed by atoms with Crippen molar-refractivity contribution >= 4 is 23.3 Å². The van der Waals surface area contributed by atoms with Crippen LogP contribution in [0.3, 0.4) is 0 Å². The lowest BCUT2D eigenvalue weighted by Crippen LogP contribution is -2.49. The predicted octanol–water partition coefficient (Wildman–Crippen LogP) is 5.10. The molecule has 0 fully saturated rings. The number of urea groups is 1. The fourth-order valence-corrected chi connectivity index (χ4v) is 4.73. The first kappa shape index (κ1) is 30.8. The number of aromatic nitrogens is 1. The van der Waals surface area contributed by atoms with E-state index in [4.69, 9.17) is 4.74 Å². The van der Waals surface area contributed by atoms with Crippen LogP contribution in [0.15, 0.2) is 67.0 Å². The van der Waals surface area contributed by atoms with E-state index in [1.807, 2.05) is 26.1 Å². The Morgan fingerprint density at radius 3 is 2.40 bits per heavy atom. The molecule has 1 aliphatic heterocycles. The molecule has 3 amide bonds. The monoisotopic (exact) mass is 585 g/mol. The van der Waals surface area contributed by atoms with E-state index in [2.05, 4.69) is 20.5 Å². The molecule has 0 saturated heterocycles. The highest BCUT2D eigenvalue weighted by Crippen LogP contribution is 2.32. The van der Waals surface area contributed by atoms with Crippen molar-refractivity contribution in [3.05, 3.63) is 83.7 Å². The Hall–Kier alpha value is -4.16. The molecule has 2 aromatic carbocycles. The number of ether oxygens (including phenoxy) is 1. The smallest absolute Gasteiger partial charge is 0.416 e. The first-order valence-electron chi connectivity index (χ1n) is 13.5. The Morgan fingerprint density at radius 1 is 1.12 bits per heavy atom. The summed E-state index contributed by atoms with van der Waals surface area (Å²) >= 11 is 0. The summed E-state index contributed by atoms with van der Waals surface area (Å²) < 4.78 is 44.9. The number of alkyl halides is 3. The lowest BCUT2D eigenvalue weighted by Gasteiger charge is -2.38. The van der Waals surface area contributed by atoms with Crippen LogP contribution in [0.4, 0.5) is 29.3 Å². The van der Waals surface area contributed by atoms with Crippen LogP contribution in [0.5, 0.6) is 5.75 Å². The summed E-state index contributed by atoms with van der Waals surface area (Å²) in [5, 5.41) is 15.0. The second kappa shape index (κ2) is 13.2. The number of hydrogen-bond donors (Lipinski definition) is 3. The van der Waals surface area contributed by atoms with Crippen molar-refractivity contribution in [2.45, 2.75) is 38.7 Å². The Kier molecular flexibility index (Phi) is 9.69. The second-order valence-corrected chi connectivity index (χ2v) is 10.5. The summed E-state index contributed by atoms with van der Waals surface area (Å²) in [6, 6.07) is 11.5. The van der Waals surface area contributed by atoms with E-state index in [9.17, 15) is 27.9 Å². The van der Waals surface area contributed by atoms with Crippen LogP contribution >= 0.6 is 0 Å².